The summed E-state index contributed by atoms with van der Waals surface area (Å²) in [5.74, 6) is 0.794. The number of likely N-dealkylation sites (tertiary alicyclic amines) is 1. The maximum Gasteiger partial charge on any atom is 0.253 e. The van der Waals surface area contributed by atoms with Crippen molar-refractivity contribution in [2.75, 3.05) is 26.7 Å². The molecule has 1 saturated heterocycles. The number of carbonyl (C=O) groups excluding carboxylic acids is 1. The number of fused-ring (bicyclic) bond motifs is 1. The minimum atomic E-state index is 0.154. The van der Waals surface area contributed by atoms with E-state index < -0.39 is 0 Å². The summed E-state index contributed by atoms with van der Waals surface area (Å²) < 4.78 is 0. The van der Waals surface area contributed by atoms with Crippen LogP contribution in [-0.4, -0.2) is 37.5 Å². The molecule has 0 bridgehead atoms. The molecular weight excluding hydrogens is 296 g/mol. The molecule has 1 fully saturated rings. The Kier molecular flexibility index (Phi) is 4.50. The number of hydrogen-bond acceptors (Lipinski definition) is 2. The molecule has 1 N–H and O–H groups in total. The molecule has 1 aliphatic carbocycles. The fourth-order valence-corrected chi connectivity index (χ4v) is 4.38. The number of amides is 1. The van der Waals surface area contributed by atoms with Crippen molar-refractivity contribution in [3.8, 4) is 0 Å². The van der Waals surface area contributed by atoms with Crippen LogP contribution in [0.5, 0.6) is 0 Å². The van der Waals surface area contributed by atoms with Crippen molar-refractivity contribution >= 4 is 5.91 Å². The Morgan fingerprint density at radius 2 is 1.83 bits per heavy atom. The highest BCUT2D eigenvalue weighted by Crippen LogP contribution is 2.46. The van der Waals surface area contributed by atoms with Crippen LogP contribution in [0.2, 0.25) is 0 Å². The molecule has 24 heavy (non-hydrogen) atoms. The first-order valence-electron chi connectivity index (χ1n) is 9.33. The molecule has 0 radical (unpaired) electrons. The van der Waals surface area contributed by atoms with Gasteiger partial charge in [-0.05, 0) is 72.9 Å². The van der Waals surface area contributed by atoms with E-state index in [0.29, 0.717) is 5.92 Å². The molecular formula is C21H32N2O. The Morgan fingerprint density at radius 3 is 2.50 bits per heavy atom. The van der Waals surface area contributed by atoms with E-state index in [2.05, 4.69) is 51.2 Å². The van der Waals surface area contributed by atoms with E-state index in [0.717, 1.165) is 31.6 Å². The van der Waals surface area contributed by atoms with Crippen molar-refractivity contribution in [1.82, 2.24) is 10.2 Å². The van der Waals surface area contributed by atoms with Gasteiger partial charge in [0, 0.05) is 18.7 Å². The third-order valence-corrected chi connectivity index (χ3v) is 6.17. The summed E-state index contributed by atoms with van der Waals surface area (Å²) in [7, 11) is 1.98. The monoisotopic (exact) mass is 328 g/mol. The van der Waals surface area contributed by atoms with Crippen molar-refractivity contribution in [2.24, 2.45) is 5.92 Å². The SMILES string of the molecule is CNCC1CCN(C(=O)c2ccc3c(c2)C(C)(C)CCC3(C)C)C1. The van der Waals surface area contributed by atoms with Gasteiger partial charge >= 0.3 is 0 Å². The quantitative estimate of drug-likeness (QED) is 0.917. The number of rotatable bonds is 3. The largest absolute Gasteiger partial charge is 0.338 e. The summed E-state index contributed by atoms with van der Waals surface area (Å²) in [5, 5.41) is 3.23. The Morgan fingerprint density at radius 1 is 1.17 bits per heavy atom. The van der Waals surface area contributed by atoms with E-state index in [1.54, 1.807) is 0 Å². The summed E-state index contributed by atoms with van der Waals surface area (Å²) in [6, 6.07) is 6.45. The van der Waals surface area contributed by atoms with Gasteiger partial charge in [0.2, 0.25) is 0 Å². The lowest BCUT2D eigenvalue weighted by Crippen LogP contribution is -2.35. The van der Waals surface area contributed by atoms with Crippen molar-refractivity contribution in [3.05, 3.63) is 34.9 Å². The van der Waals surface area contributed by atoms with Crippen LogP contribution in [0.25, 0.3) is 0 Å². The van der Waals surface area contributed by atoms with Crippen molar-refractivity contribution in [1.29, 1.82) is 0 Å². The summed E-state index contributed by atoms with van der Waals surface area (Å²) in [6.07, 6.45) is 3.49. The number of nitrogens with zero attached hydrogens (tertiary/aromatic N) is 1. The number of hydrogen-bond donors (Lipinski definition) is 1. The standard InChI is InChI=1S/C21H32N2O/c1-20(2)9-10-21(3,4)18-12-16(6-7-17(18)20)19(24)23-11-8-15(14-23)13-22-5/h6-7,12,15,22H,8-11,13-14H2,1-5H3. The highest BCUT2D eigenvalue weighted by molar-refractivity contribution is 5.94. The molecule has 3 rings (SSSR count). The lowest BCUT2D eigenvalue weighted by Gasteiger charge is -2.42. The van der Waals surface area contributed by atoms with Crippen LogP contribution in [0.1, 0.15) is 68.4 Å². The van der Waals surface area contributed by atoms with Crippen LogP contribution in [0.3, 0.4) is 0 Å². The Labute approximate surface area is 146 Å². The normalized spacial score (nSPS) is 24.7. The van der Waals surface area contributed by atoms with Gasteiger partial charge in [0.25, 0.3) is 5.91 Å². The maximum atomic E-state index is 13.0. The average Bonchev–Trinajstić information content (AvgIpc) is 3.00. The molecule has 3 nitrogen and oxygen atoms in total. The average molecular weight is 329 g/mol. The molecule has 2 aliphatic rings. The molecule has 1 heterocycles. The van der Waals surface area contributed by atoms with Gasteiger partial charge < -0.3 is 10.2 Å². The summed E-state index contributed by atoms with van der Waals surface area (Å²) in [5.41, 5.74) is 4.02. The summed E-state index contributed by atoms with van der Waals surface area (Å²) in [4.78, 5) is 15.0. The molecule has 1 atom stereocenters. The summed E-state index contributed by atoms with van der Waals surface area (Å²) >= 11 is 0. The molecule has 0 spiro atoms. The molecule has 1 unspecified atom stereocenters. The predicted molar refractivity (Wildman–Crippen MR) is 99.7 cm³/mol. The third kappa shape index (κ3) is 3.11. The fourth-order valence-electron chi connectivity index (χ4n) is 4.38. The van der Waals surface area contributed by atoms with E-state index in [4.69, 9.17) is 0 Å². The molecule has 3 heteroatoms. The van der Waals surface area contributed by atoms with Crippen molar-refractivity contribution in [3.63, 3.8) is 0 Å². The van der Waals surface area contributed by atoms with Gasteiger partial charge in [-0.25, -0.2) is 0 Å². The van der Waals surface area contributed by atoms with Crippen molar-refractivity contribution in [2.45, 2.75) is 57.8 Å². The van der Waals surface area contributed by atoms with Crippen LogP contribution in [0.4, 0.5) is 0 Å². The summed E-state index contributed by atoms with van der Waals surface area (Å²) in [6.45, 7) is 12.0. The topological polar surface area (TPSA) is 32.3 Å². The third-order valence-electron chi connectivity index (χ3n) is 6.17. The van der Waals surface area contributed by atoms with Crippen LogP contribution >= 0.6 is 0 Å². The van der Waals surface area contributed by atoms with E-state index in [-0.39, 0.29) is 16.7 Å². The molecule has 132 valence electrons. The first-order valence-corrected chi connectivity index (χ1v) is 9.33. The zero-order chi connectivity index (χ0) is 17.5. The van der Waals surface area contributed by atoms with E-state index in [9.17, 15) is 4.79 Å². The number of carbonyl (C=O) groups is 1. The second kappa shape index (κ2) is 6.18. The van der Waals surface area contributed by atoms with E-state index >= 15 is 0 Å². The second-order valence-corrected chi connectivity index (χ2v) is 8.99. The number of nitrogens with one attached hydrogen (secondary N) is 1. The zero-order valence-corrected chi connectivity index (χ0v) is 15.9. The van der Waals surface area contributed by atoms with Crippen LogP contribution in [0, 0.1) is 5.92 Å². The zero-order valence-electron chi connectivity index (χ0n) is 15.9. The van der Waals surface area contributed by atoms with Gasteiger partial charge in [-0.2, -0.15) is 0 Å². The lowest BCUT2D eigenvalue weighted by molar-refractivity contribution is 0.0787. The van der Waals surface area contributed by atoms with Gasteiger partial charge in [-0.3, -0.25) is 4.79 Å². The minimum Gasteiger partial charge on any atom is -0.338 e. The first kappa shape index (κ1) is 17.5. The maximum absolute atomic E-state index is 13.0. The minimum absolute atomic E-state index is 0.154. The van der Waals surface area contributed by atoms with Gasteiger partial charge in [0.1, 0.15) is 0 Å². The Hall–Kier alpha value is -1.35. The predicted octanol–water partition coefficient (Wildman–Crippen LogP) is 3.72. The first-order chi connectivity index (χ1) is 11.2. The Balaban J connectivity index is 1.87. The highest BCUT2D eigenvalue weighted by atomic mass is 16.2. The highest BCUT2D eigenvalue weighted by Gasteiger charge is 2.37. The smallest absolute Gasteiger partial charge is 0.253 e. The molecule has 1 aromatic rings. The van der Waals surface area contributed by atoms with Gasteiger partial charge in [-0.15, -0.1) is 0 Å². The second-order valence-electron chi connectivity index (χ2n) is 8.99. The number of benzene rings is 1. The Bertz CT molecular complexity index is 633. The molecule has 1 aliphatic heterocycles. The molecule has 1 aromatic carbocycles. The van der Waals surface area contributed by atoms with Crippen molar-refractivity contribution < 1.29 is 4.79 Å². The van der Waals surface area contributed by atoms with Crippen LogP contribution < -0.4 is 5.32 Å². The van der Waals surface area contributed by atoms with Crippen LogP contribution in [-0.2, 0) is 10.8 Å². The van der Waals surface area contributed by atoms with Gasteiger partial charge in [0.05, 0.1) is 0 Å². The van der Waals surface area contributed by atoms with E-state index in [1.165, 1.54) is 24.0 Å². The molecule has 1 amide bonds. The fraction of sp³-hybridized carbons (Fsp3) is 0.667. The van der Waals surface area contributed by atoms with Crippen LogP contribution in [0.15, 0.2) is 18.2 Å². The molecule has 0 aromatic heterocycles. The lowest BCUT2D eigenvalue weighted by atomic mass is 9.63. The van der Waals surface area contributed by atoms with E-state index in [1.807, 2.05) is 11.9 Å². The van der Waals surface area contributed by atoms with Gasteiger partial charge in [-0.1, -0.05) is 33.8 Å². The van der Waals surface area contributed by atoms with Gasteiger partial charge in [0.15, 0.2) is 0 Å². The molecule has 0 saturated carbocycles.